The van der Waals surface area contributed by atoms with Gasteiger partial charge in [0.2, 0.25) is 5.09 Å². The van der Waals surface area contributed by atoms with Gasteiger partial charge < -0.3 is 9.73 Å². The Morgan fingerprint density at radius 1 is 1.45 bits per heavy atom. The molecular formula is C13H22N2O3S2. The molecule has 1 atom stereocenters. The summed E-state index contributed by atoms with van der Waals surface area (Å²) in [6.45, 7) is 4.01. The number of hydrogen-bond donors (Lipinski definition) is 2. The third-order valence-electron chi connectivity index (χ3n) is 3.15. The van der Waals surface area contributed by atoms with Crippen LogP contribution >= 0.6 is 11.8 Å². The molecule has 7 heteroatoms. The minimum atomic E-state index is -3.52. The van der Waals surface area contributed by atoms with Crippen molar-refractivity contribution < 1.29 is 12.8 Å². The molecule has 20 heavy (non-hydrogen) atoms. The molecule has 1 aliphatic heterocycles. The molecule has 1 aromatic heterocycles. The molecule has 1 fully saturated rings. The topological polar surface area (TPSA) is 71.3 Å². The first-order valence-corrected chi connectivity index (χ1v) is 9.55. The van der Waals surface area contributed by atoms with Gasteiger partial charge in [-0.1, -0.05) is 6.92 Å². The fourth-order valence-corrected chi connectivity index (χ4v) is 4.40. The number of thioether (sulfide) groups is 1. The first-order valence-electron chi connectivity index (χ1n) is 7.02. The molecule has 1 aliphatic rings. The smallest absolute Gasteiger partial charge is 0.273 e. The molecule has 0 spiro atoms. The molecular weight excluding hydrogens is 296 g/mol. The molecule has 0 radical (unpaired) electrons. The van der Waals surface area contributed by atoms with Crippen LogP contribution in [0.5, 0.6) is 0 Å². The van der Waals surface area contributed by atoms with Crippen molar-refractivity contribution in [3.05, 3.63) is 17.9 Å². The summed E-state index contributed by atoms with van der Waals surface area (Å²) in [6, 6.07) is 3.23. The average Bonchev–Trinajstić information content (AvgIpc) is 3.08. The Kier molecular flexibility index (Phi) is 5.95. The quantitative estimate of drug-likeness (QED) is 0.717. The second kappa shape index (κ2) is 7.49. The molecule has 1 unspecified atom stereocenters. The van der Waals surface area contributed by atoms with E-state index in [0.29, 0.717) is 24.1 Å². The maximum atomic E-state index is 12.1. The largest absolute Gasteiger partial charge is 0.447 e. The SMILES string of the molecule is CCCNCc1ccc(S(=O)(=O)NCC2CCCS2)o1. The van der Waals surface area contributed by atoms with Gasteiger partial charge in [-0.2, -0.15) is 11.8 Å². The number of furan rings is 1. The third kappa shape index (κ3) is 4.51. The van der Waals surface area contributed by atoms with Crippen LogP contribution in [-0.4, -0.2) is 32.5 Å². The molecule has 2 heterocycles. The Bertz CT molecular complexity index is 507. The highest BCUT2D eigenvalue weighted by atomic mass is 32.2. The van der Waals surface area contributed by atoms with Crippen LogP contribution in [0.3, 0.4) is 0 Å². The van der Waals surface area contributed by atoms with Gasteiger partial charge in [-0.25, -0.2) is 13.1 Å². The van der Waals surface area contributed by atoms with Gasteiger partial charge in [-0.05, 0) is 43.7 Å². The molecule has 0 aliphatic carbocycles. The lowest BCUT2D eigenvalue weighted by molar-refractivity contribution is 0.400. The Hall–Kier alpha value is -0.500. The van der Waals surface area contributed by atoms with E-state index < -0.39 is 10.0 Å². The van der Waals surface area contributed by atoms with Gasteiger partial charge in [0.25, 0.3) is 10.0 Å². The van der Waals surface area contributed by atoms with Gasteiger partial charge in [0.05, 0.1) is 6.54 Å². The summed E-state index contributed by atoms with van der Waals surface area (Å²) >= 11 is 1.83. The maximum Gasteiger partial charge on any atom is 0.273 e. The lowest BCUT2D eigenvalue weighted by atomic mass is 10.2. The lowest BCUT2D eigenvalue weighted by Gasteiger charge is -2.09. The number of hydrogen-bond acceptors (Lipinski definition) is 5. The van der Waals surface area contributed by atoms with E-state index in [0.717, 1.165) is 25.1 Å². The van der Waals surface area contributed by atoms with Crippen molar-refractivity contribution in [3.63, 3.8) is 0 Å². The minimum Gasteiger partial charge on any atom is -0.447 e. The van der Waals surface area contributed by atoms with Crippen molar-refractivity contribution in [1.29, 1.82) is 0 Å². The van der Waals surface area contributed by atoms with Gasteiger partial charge in [0.1, 0.15) is 5.76 Å². The van der Waals surface area contributed by atoms with Gasteiger partial charge >= 0.3 is 0 Å². The first-order chi connectivity index (χ1) is 9.62. The van der Waals surface area contributed by atoms with Crippen molar-refractivity contribution >= 4 is 21.8 Å². The normalized spacial score (nSPS) is 19.6. The predicted octanol–water partition coefficient (Wildman–Crippen LogP) is 1.95. The Labute approximate surface area is 124 Å². The third-order valence-corrected chi connectivity index (χ3v) is 5.85. The monoisotopic (exact) mass is 318 g/mol. The molecule has 1 saturated heterocycles. The van der Waals surface area contributed by atoms with E-state index in [1.807, 2.05) is 11.8 Å². The summed E-state index contributed by atoms with van der Waals surface area (Å²) in [6.07, 6.45) is 3.29. The first kappa shape index (κ1) is 15.9. The molecule has 5 nitrogen and oxygen atoms in total. The average molecular weight is 318 g/mol. The standard InChI is InChI=1S/C13H22N2O3S2/c1-2-7-14-9-11-5-6-13(18-11)20(16,17)15-10-12-4-3-8-19-12/h5-6,12,14-15H,2-4,7-10H2,1H3. The second-order valence-corrected chi connectivity index (χ2v) is 7.99. The molecule has 114 valence electrons. The van der Waals surface area contributed by atoms with Crippen LogP contribution in [-0.2, 0) is 16.6 Å². The summed E-state index contributed by atoms with van der Waals surface area (Å²) in [5, 5.41) is 3.58. The van der Waals surface area contributed by atoms with Gasteiger partial charge in [-0.3, -0.25) is 0 Å². The lowest BCUT2D eigenvalue weighted by Crippen LogP contribution is -2.29. The Morgan fingerprint density at radius 3 is 3.00 bits per heavy atom. The highest BCUT2D eigenvalue weighted by Crippen LogP contribution is 2.25. The van der Waals surface area contributed by atoms with E-state index >= 15 is 0 Å². The van der Waals surface area contributed by atoms with E-state index in [1.165, 1.54) is 12.5 Å². The highest BCUT2D eigenvalue weighted by Gasteiger charge is 2.22. The predicted molar refractivity (Wildman–Crippen MR) is 81.4 cm³/mol. The molecule has 0 saturated carbocycles. The molecule has 0 aromatic carbocycles. The molecule has 2 N–H and O–H groups in total. The maximum absolute atomic E-state index is 12.1. The van der Waals surface area contributed by atoms with Crippen LogP contribution in [0.25, 0.3) is 0 Å². The number of rotatable bonds is 8. The summed E-state index contributed by atoms with van der Waals surface area (Å²) in [7, 11) is -3.52. The van der Waals surface area contributed by atoms with Crippen LogP contribution in [0.4, 0.5) is 0 Å². The van der Waals surface area contributed by atoms with E-state index in [9.17, 15) is 8.42 Å². The van der Waals surface area contributed by atoms with Crippen molar-refractivity contribution in [3.8, 4) is 0 Å². The molecule has 0 amide bonds. The zero-order chi connectivity index (χ0) is 14.4. The Morgan fingerprint density at radius 2 is 2.30 bits per heavy atom. The van der Waals surface area contributed by atoms with Gasteiger partial charge in [0.15, 0.2) is 0 Å². The van der Waals surface area contributed by atoms with Gasteiger partial charge in [-0.15, -0.1) is 0 Å². The van der Waals surface area contributed by atoms with Crippen LogP contribution in [0.2, 0.25) is 0 Å². The molecule has 2 rings (SSSR count). The van der Waals surface area contributed by atoms with Crippen LogP contribution in [0.15, 0.2) is 21.6 Å². The van der Waals surface area contributed by atoms with Crippen molar-refractivity contribution in [2.24, 2.45) is 0 Å². The summed E-state index contributed by atoms with van der Waals surface area (Å²) in [5.41, 5.74) is 0. The Balaban J connectivity index is 1.88. The van der Waals surface area contributed by atoms with E-state index in [1.54, 1.807) is 6.07 Å². The van der Waals surface area contributed by atoms with Crippen molar-refractivity contribution in [1.82, 2.24) is 10.0 Å². The molecule has 1 aromatic rings. The second-order valence-electron chi connectivity index (χ2n) is 4.88. The number of nitrogens with one attached hydrogen (secondary N) is 2. The fraction of sp³-hybridized carbons (Fsp3) is 0.692. The van der Waals surface area contributed by atoms with Gasteiger partial charge in [0, 0.05) is 11.8 Å². The van der Waals surface area contributed by atoms with Crippen LogP contribution in [0, 0.1) is 0 Å². The van der Waals surface area contributed by atoms with E-state index in [4.69, 9.17) is 4.42 Å². The summed E-state index contributed by atoms with van der Waals surface area (Å²) < 4.78 is 32.2. The van der Waals surface area contributed by atoms with E-state index in [-0.39, 0.29) is 5.09 Å². The zero-order valence-electron chi connectivity index (χ0n) is 11.7. The molecule has 0 bridgehead atoms. The van der Waals surface area contributed by atoms with Crippen LogP contribution < -0.4 is 10.0 Å². The van der Waals surface area contributed by atoms with E-state index in [2.05, 4.69) is 17.0 Å². The fourth-order valence-electron chi connectivity index (χ4n) is 2.07. The van der Waals surface area contributed by atoms with Crippen molar-refractivity contribution in [2.45, 2.75) is 43.1 Å². The zero-order valence-corrected chi connectivity index (χ0v) is 13.4. The summed E-state index contributed by atoms with van der Waals surface area (Å²) in [5.74, 6) is 1.77. The summed E-state index contributed by atoms with van der Waals surface area (Å²) in [4.78, 5) is 0. The highest BCUT2D eigenvalue weighted by molar-refractivity contribution is 8.00. The van der Waals surface area contributed by atoms with Crippen molar-refractivity contribution in [2.75, 3.05) is 18.8 Å². The minimum absolute atomic E-state index is 0.00814. The number of sulfonamides is 1. The van der Waals surface area contributed by atoms with Crippen LogP contribution in [0.1, 0.15) is 31.9 Å².